The van der Waals surface area contributed by atoms with E-state index in [4.69, 9.17) is 16.3 Å². The Labute approximate surface area is 157 Å². The number of anilines is 1. The van der Waals surface area contributed by atoms with Gasteiger partial charge in [-0.2, -0.15) is 0 Å². The normalized spacial score (nSPS) is 15.3. The highest BCUT2D eigenvalue weighted by Crippen LogP contribution is 2.33. The van der Waals surface area contributed by atoms with Gasteiger partial charge >= 0.3 is 6.03 Å². The second-order valence-electron chi connectivity index (χ2n) is 6.44. The van der Waals surface area contributed by atoms with E-state index in [0.717, 1.165) is 35.5 Å². The van der Waals surface area contributed by atoms with Crippen LogP contribution < -0.4 is 10.1 Å². The zero-order valence-electron chi connectivity index (χ0n) is 14.5. The predicted octanol–water partition coefficient (Wildman–Crippen LogP) is 5.03. The van der Waals surface area contributed by atoms with Gasteiger partial charge in [-0.3, -0.25) is 4.90 Å². The summed E-state index contributed by atoms with van der Waals surface area (Å²) in [6.45, 7) is 3.32. The number of urea groups is 1. The van der Waals surface area contributed by atoms with Gasteiger partial charge in [0.15, 0.2) is 0 Å². The molecule has 2 amide bonds. The first-order valence-corrected chi connectivity index (χ1v) is 8.96. The minimum Gasteiger partial charge on any atom is -0.493 e. The lowest BCUT2D eigenvalue weighted by atomic mass is 9.95. The molecule has 26 heavy (non-hydrogen) atoms. The van der Waals surface area contributed by atoms with Crippen LogP contribution in [0.1, 0.15) is 16.7 Å². The third-order valence-electron chi connectivity index (χ3n) is 4.66. The maximum absolute atomic E-state index is 12.6. The van der Waals surface area contributed by atoms with Crippen molar-refractivity contribution in [2.75, 3.05) is 18.5 Å². The molecule has 5 heteroatoms. The molecule has 0 saturated heterocycles. The van der Waals surface area contributed by atoms with Crippen LogP contribution in [0.25, 0.3) is 5.57 Å². The van der Waals surface area contributed by atoms with Crippen molar-refractivity contribution in [1.29, 1.82) is 0 Å². The van der Waals surface area contributed by atoms with Crippen LogP contribution in [0.2, 0.25) is 5.02 Å². The SMILES string of the molecule is Cc1cc2c(cc1C1=CC=CN(C(=O)Nc3ccccc3Cl)C1)CCO2. The molecule has 0 radical (unpaired) electrons. The van der Waals surface area contributed by atoms with Gasteiger partial charge in [0, 0.05) is 12.6 Å². The van der Waals surface area contributed by atoms with Gasteiger partial charge in [-0.25, -0.2) is 4.79 Å². The summed E-state index contributed by atoms with van der Waals surface area (Å²) in [4.78, 5) is 14.3. The molecule has 2 heterocycles. The average Bonchev–Trinajstić information content (AvgIpc) is 3.10. The van der Waals surface area contributed by atoms with E-state index in [1.807, 2.05) is 18.2 Å². The zero-order valence-corrected chi connectivity index (χ0v) is 15.2. The number of nitrogens with one attached hydrogen (secondary N) is 1. The molecule has 0 fully saturated rings. The molecular formula is C21H19ClN2O2. The lowest BCUT2D eigenvalue weighted by molar-refractivity contribution is 0.232. The van der Waals surface area contributed by atoms with E-state index in [-0.39, 0.29) is 6.03 Å². The van der Waals surface area contributed by atoms with Crippen molar-refractivity contribution in [2.45, 2.75) is 13.3 Å². The van der Waals surface area contributed by atoms with E-state index in [9.17, 15) is 4.79 Å². The Hall–Kier alpha value is -2.72. The van der Waals surface area contributed by atoms with Crippen molar-refractivity contribution in [3.63, 3.8) is 0 Å². The van der Waals surface area contributed by atoms with Gasteiger partial charge in [-0.05, 0) is 59.5 Å². The molecule has 2 aliphatic rings. The van der Waals surface area contributed by atoms with Crippen molar-refractivity contribution in [3.8, 4) is 5.75 Å². The molecule has 2 aliphatic heterocycles. The molecule has 0 spiro atoms. The van der Waals surface area contributed by atoms with Gasteiger partial charge in [0.05, 0.1) is 23.9 Å². The topological polar surface area (TPSA) is 41.6 Å². The van der Waals surface area contributed by atoms with Gasteiger partial charge in [-0.15, -0.1) is 0 Å². The van der Waals surface area contributed by atoms with Crippen LogP contribution in [0.15, 0.2) is 54.8 Å². The molecule has 0 aliphatic carbocycles. The van der Waals surface area contributed by atoms with Crippen molar-refractivity contribution in [3.05, 3.63) is 76.5 Å². The third kappa shape index (κ3) is 3.20. The summed E-state index contributed by atoms with van der Waals surface area (Å²) in [6.07, 6.45) is 6.67. The molecule has 0 saturated carbocycles. The smallest absolute Gasteiger partial charge is 0.326 e. The summed E-state index contributed by atoms with van der Waals surface area (Å²) in [6, 6.07) is 11.3. The molecule has 0 bridgehead atoms. The van der Waals surface area contributed by atoms with Crippen LogP contribution in [0.3, 0.4) is 0 Å². The fraction of sp³-hybridized carbons (Fsp3) is 0.190. The Morgan fingerprint density at radius 3 is 2.96 bits per heavy atom. The monoisotopic (exact) mass is 366 g/mol. The number of ether oxygens (including phenoxy) is 1. The van der Waals surface area contributed by atoms with E-state index in [0.29, 0.717) is 17.3 Å². The molecule has 0 aromatic heterocycles. The number of aryl methyl sites for hydroxylation is 1. The lowest BCUT2D eigenvalue weighted by Crippen LogP contribution is -2.33. The fourth-order valence-electron chi connectivity index (χ4n) is 3.29. The number of para-hydroxylation sites is 1. The van der Waals surface area contributed by atoms with E-state index in [1.165, 1.54) is 5.56 Å². The average molecular weight is 367 g/mol. The van der Waals surface area contributed by atoms with Crippen LogP contribution in [0.4, 0.5) is 10.5 Å². The molecule has 2 aromatic carbocycles. The minimum atomic E-state index is -0.206. The summed E-state index contributed by atoms with van der Waals surface area (Å²) in [5.41, 5.74) is 5.25. The largest absolute Gasteiger partial charge is 0.493 e. The van der Waals surface area contributed by atoms with E-state index >= 15 is 0 Å². The molecule has 4 rings (SSSR count). The third-order valence-corrected chi connectivity index (χ3v) is 4.99. The second kappa shape index (κ2) is 6.89. The Morgan fingerprint density at radius 2 is 2.12 bits per heavy atom. The number of rotatable bonds is 2. The van der Waals surface area contributed by atoms with Gasteiger partial charge in [0.25, 0.3) is 0 Å². The summed E-state index contributed by atoms with van der Waals surface area (Å²) >= 11 is 6.13. The highest BCUT2D eigenvalue weighted by atomic mass is 35.5. The number of halogens is 1. The number of hydrogen-bond acceptors (Lipinski definition) is 2. The van der Waals surface area contributed by atoms with Crippen molar-refractivity contribution in [1.82, 2.24) is 4.90 Å². The summed E-state index contributed by atoms with van der Waals surface area (Å²) in [5.74, 6) is 0.978. The van der Waals surface area contributed by atoms with Gasteiger partial charge < -0.3 is 10.1 Å². The highest BCUT2D eigenvalue weighted by molar-refractivity contribution is 6.33. The number of nitrogens with zero attached hydrogens (tertiary/aromatic N) is 1. The fourth-order valence-corrected chi connectivity index (χ4v) is 3.47. The van der Waals surface area contributed by atoms with Gasteiger partial charge in [0.1, 0.15) is 5.75 Å². The number of benzene rings is 2. The van der Waals surface area contributed by atoms with Crippen LogP contribution in [0.5, 0.6) is 5.75 Å². The van der Waals surface area contributed by atoms with E-state index in [2.05, 4.69) is 30.4 Å². The van der Waals surface area contributed by atoms with Gasteiger partial charge in [-0.1, -0.05) is 29.8 Å². The number of carbonyl (C=O) groups excluding carboxylic acids is 1. The Bertz CT molecular complexity index is 934. The first-order valence-electron chi connectivity index (χ1n) is 8.58. The van der Waals surface area contributed by atoms with E-state index < -0.39 is 0 Å². The molecule has 1 N–H and O–H groups in total. The summed E-state index contributed by atoms with van der Waals surface area (Å²) in [5, 5.41) is 3.39. The van der Waals surface area contributed by atoms with Crippen molar-refractivity contribution < 1.29 is 9.53 Å². The lowest BCUT2D eigenvalue weighted by Gasteiger charge is -2.24. The molecule has 0 atom stereocenters. The minimum absolute atomic E-state index is 0.206. The maximum atomic E-state index is 12.6. The molecular weight excluding hydrogens is 348 g/mol. The Morgan fingerprint density at radius 1 is 1.27 bits per heavy atom. The van der Waals surface area contributed by atoms with Crippen molar-refractivity contribution >= 4 is 28.9 Å². The first-order chi connectivity index (χ1) is 12.6. The Kier molecular flexibility index (Phi) is 4.43. The number of allylic oxidation sites excluding steroid dienone is 2. The molecule has 132 valence electrons. The standard InChI is InChI=1S/C21H19ClN2O2/c1-14-11-20-15(8-10-26-20)12-17(14)16-5-4-9-24(13-16)21(25)23-19-7-3-2-6-18(19)22/h2-7,9,11-12H,8,10,13H2,1H3,(H,23,25). The molecule has 2 aromatic rings. The number of hydrogen-bond donors (Lipinski definition) is 1. The number of amides is 2. The van der Waals surface area contributed by atoms with Crippen LogP contribution in [0, 0.1) is 6.92 Å². The van der Waals surface area contributed by atoms with Crippen LogP contribution >= 0.6 is 11.6 Å². The number of fused-ring (bicyclic) bond motifs is 1. The van der Waals surface area contributed by atoms with Gasteiger partial charge in [0.2, 0.25) is 0 Å². The predicted molar refractivity (Wildman–Crippen MR) is 105 cm³/mol. The summed E-state index contributed by atoms with van der Waals surface area (Å²) in [7, 11) is 0. The quantitative estimate of drug-likeness (QED) is 0.810. The highest BCUT2D eigenvalue weighted by Gasteiger charge is 2.20. The van der Waals surface area contributed by atoms with Crippen molar-refractivity contribution in [2.24, 2.45) is 0 Å². The van der Waals surface area contributed by atoms with Crippen LogP contribution in [-0.2, 0) is 6.42 Å². The summed E-state index contributed by atoms with van der Waals surface area (Å²) < 4.78 is 5.64. The molecule has 0 unspecified atom stereocenters. The molecule has 4 nitrogen and oxygen atoms in total. The second-order valence-corrected chi connectivity index (χ2v) is 6.85. The zero-order chi connectivity index (χ0) is 18.1. The number of carbonyl (C=O) groups is 1. The Balaban J connectivity index is 1.53. The van der Waals surface area contributed by atoms with Crippen LogP contribution in [-0.4, -0.2) is 24.1 Å². The van der Waals surface area contributed by atoms with E-state index in [1.54, 1.807) is 23.2 Å². The maximum Gasteiger partial charge on any atom is 0.326 e. The first kappa shape index (κ1) is 16.7.